The number of carbonyl (C=O) groups is 1. The Balaban J connectivity index is 1.43. The largest absolute Gasteiger partial charge is 0.334 e. The number of halogens is 1. The van der Waals surface area contributed by atoms with Gasteiger partial charge in [0.1, 0.15) is 11.5 Å². The van der Waals surface area contributed by atoms with Crippen molar-refractivity contribution < 1.29 is 9.18 Å². The average Bonchev–Trinajstić information content (AvgIpc) is 3.12. The van der Waals surface area contributed by atoms with Gasteiger partial charge < -0.3 is 9.47 Å². The molecule has 4 rings (SSSR count). The first-order valence-corrected chi connectivity index (χ1v) is 10.6. The second-order valence-electron chi connectivity index (χ2n) is 9.04. The third-order valence-electron chi connectivity index (χ3n) is 5.89. The number of fused-ring (bicyclic) bond motifs is 1. The Bertz CT molecular complexity index is 1040. The zero-order valence-electron chi connectivity index (χ0n) is 17.9. The lowest BCUT2D eigenvalue weighted by Crippen LogP contribution is -2.42. The zero-order chi connectivity index (χ0) is 21.3. The van der Waals surface area contributed by atoms with Crippen molar-refractivity contribution in [1.29, 1.82) is 0 Å². The van der Waals surface area contributed by atoms with E-state index in [1.165, 1.54) is 0 Å². The molecule has 0 amide bonds. The minimum Gasteiger partial charge on any atom is -0.334 e. The maximum atomic E-state index is 13.9. The van der Waals surface area contributed by atoms with Crippen LogP contribution in [-0.4, -0.2) is 50.5 Å². The van der Waals surface area contributed by atoms with Crippen molar-refractivity contribution in [2.24, 2.45) is 13.0 Å². The van der Waals surface area contributed by atoms with Gasteiger partial charge in [-0.2, -0.15) is 0 Å². The molecule has 0 atom stereocenters. The molecule has 0 unspecified atom stereocenters. The Morgan fingerprint density at radius 1 is 1.17 bits per heavy atom. The Morgan fingerprint density at radius 2 is 1.93 bits per heavy atom. The number of benzene rings is 1. The molecule has 0 radical (unpaired) electrons. The highest BCUT2D eigenvalue weighted by Crippen LogP contribution is 2.26. The fourth-order valence-electron chi connectivity index (χ4n) is 4.35. The van der Waals surface area contributed by atoms with Crippen LogP contribution in [0.25, 0.3) is 22.0 Å². The quantitative estimate of drug-likeness (QED) is 0.613. The molecule has 1 aliphatic rings. The van der Waals surface area contributed by atoms with E-state index in [0.717, 1.165) is 53.7 Å². The number of nitrogens with zero attached hydrogens (tertiary/aromatic N) is 4. The first-order valence-electron chi connectivity index (χ1n) is 10.6. The van der Waals surface area contributed by atoms with E-state index in [9.17, 15) is 9.18 Å². The molecule has 0 bridgehead atoms. The van der Waals surface area contributed by atoms with Crippen LogP contribution in [0.2, 0.25) is 0 Å². The van der Waals surface area contributed by atoms with E-state index in [0.29, 0.717) is 13.0 Å². The summed E-state index contributed by atoms with van der Waals surface area (Å²) in [4.78, 5) is 23.7. The molecule has 1 saturated heterocycles. The standard InChI is InChI=1S/C24H29FN4O/c1-24(2,25)15-29-8-6-17(7-9-29)23(30)12-21-11-20-10-18(4-5-19(20)13-27-21)22-14-26-16-28(22)3/h4-5,10-11,13-14,16-17H,6-9,12,15H2,1-3H3. The topological polar surface area (TPSA) is 51.0 Å². The van der Waals surface area contributed by atoms with Gasteiger partial charge in [-0.1, -0.05) is 12.1 Å². The summed E-state index contributed by atoms with van der Waals surface area (Å²) < 4.78 is 15.9. The summed E-state index contributed by atoms with van der Waals surface area (Å²) in [6.45, 7) is 5.20. The lowest BCUT2D eigenvalue weighted by Gasteiger charge is -2.33. The molecule has 0 aliphatic carbocycles. The summed E-state index contributed by atoms with van der Waals surface area (Å²) in [6.07, 6.45) is 7.43. The molecule has 3 aromatic rings. The number of likely N-dealkylation sites (tertiary alicyclic amines) is 1. The van der Waals surface area contributed by atoms with Crippen molar-refractivity contribution in [2.75, 3.05) is 19.6 Å². The van der Waals surface area contributed by atoms with Crippen LogP contribution in [0.5, 0.6) is 0 Å². The van der Waals surface area contributed by atoms with E-state index in [2.05, 4.69) is 33.1 Å². The van der Waals surface area contributed by atoms with Gasteiger partial charge in [-0.3, -0.25) is 9.78 Å². The lowest BCUT2D eigenvalue weighted by atomic mass is 9.89. The van der Waals surface area contributed by atoms with Crippen molar-refractivity contribution in [1.82, 2.24) is 19.4 Å². The number of pyridine rings is 1. The number of hydrogen-bond acceptors (Lipinski definition) is 4. The number of Topliss-reactive ketones (excluding diaryl/α,β-unsaturated/α-hetero) is 1. The first kappa shape index (κ1) is 20.7. The molecule has 30 heavy (non-hydrogen) atoms. The summed E-state index contributed by atoms with van der Waals surface area (Å²) in [7, 11) is 1.98. The molecule has 5 nitrogen and oxygen atoms in total. The molecule has 2 aromatic heterocycles. The van der Waals surface area contributed by atoms with Crippen LogP contribution in [0, 0.1) is 5.92 Å². The molecular weight excluding hydrogens is 379 g/mol. The molecule has 1 aromatic carbocycles. The number of rotatable bonds is 6. The molecule has 0 saturated carbocycles. The predicted molar refractivity (Wildman–Crippen MR) is 117 cm³/mol. The highest BCUT2D eigenvalue weighted by molar-refractivity contribution is 5.88. The molecule has 1 aliphatic heterocycles. The van der Waals surface area contributed by atoms with Gasteiger partial charge in [0.15, 0.2) is 0 Å². The molecule has 1 fully saturated rings. The van der Waals surface area contributed by atoms with Gasteiger partial charge in [0, 0.05) is 48.8 Å². The highest BCUT2D eigenvalue weighted by atomic mass is 19.1. The van der Waals surface area contributed by atoms with Crippen molar-refractivity contribution in [3.63, 3.8) is 0 Å². The molecule has 3 heterocycles. The summed E-state index contributed by atoms with van der Waals surface area (Å²) in [6, 6.07) is 8.27. The number of piperidine rings is 1. The molecular formula is C24H29FN4O. The zero-order valence-corrected chi connectivity index (χ0v) is 17.9. The van der Waals surface area contributed by atoms with E-state index in [1.807, 2.05) is 30.1 Å². The average molecular weight is 409 g/mol. The Morgan fingerprint density at radius 3 is 2.60 bits per heavy atom. The lowest BCUT2D eigenvalue weighted by molar-refractivity contribution is -0.123. The van der Waals surface area contributed by atoms with E-state index >= 15 is 0 Å². The van der Waals surface area contributed by atoms with Gasteiger partial charge in [-0.15, -0.1) is 0 Å². The number of carbonyl (C=O) groups excluding carboxylic acids is 1. The van der Waals surface area contributed by atoms with Gasteiger partial charge in [-0.05, 0) is 57.3 Å². The number of aromatic nitrogens is 3. The normalized spacial score (nSPS) is 16.3. The van der Waals surface area contributed by atoms with Crippen LogP contribution < -0.4 is 0 Å². The van der Waals surface area contributed by atoms with Crippen LogP contribution in [-0.2, 0) is 18.3 Å². The van der Waals surface area contributed by atoms with Crippen molar-refractivity contribution >= 4 is 16.6 Å². The van der Waals surface area contributed by atoms with Crippen LogP contribution in [0.4, 0.5) is 4.39 Å². The number of imidazole rings is 1. The van der Waals surface area contributed by atoms with Crippen molar-refractivity contribution in [3.8, 4) is 11.3 Å². The number of ketones is 1. The van der Waals surface area contributed by atoms with Gasteiger partial charge in [0.25, 0.3) is 0 Å². The summed E-state index contributed by atoms with van der Waals surface area (Å²) in [5, 5.41) is 2.13. The van der Waals surface area contributed by atoms with Crippen LogP contribution in [0.15, 0.2) is 43.0 Å². The number of aryl methyl sites for hydroxylation is 1. The fraction of sp³-hybridized carbons (Fsp3) is 0.458. The summed E-state index contributed by atoms with van der Waals surface area (Å²) >= 11 is 0. The van der Waals surface area contributed by atoms with Gasteiger partial charge >= 0.3 is 0 Å². The van der Waals surface area contributed by atoms with Crippen molar-refractivity contribution in [2.45, 2.75) is 38.8 Å². The predicted octanol–water partition coefficient (Wildman–Crippen LogP) is 4.21. The third kappa shape index (κ3) is 4.75. The van der Waals surface area contributed by atoms with Crippen LogP contribution >= 0.6 is 0 Å². The van der Waals surface area contributed by atoms with E-state index < -0.39 is 5.67 Å². The number of hydrogen-bond donors (Lipinski definition) is 0. The maximum Gasteiger partial charge on any atom is 0.142 e. The second-order valence-corrected chi connectivity index (χ2v) is 9.04. The smallest absolute Gasteiger partial charge is 0.142 e. The molecule has 0 spiro atoms. The highest BCUT2D eigenvalue weighted by Gasteiger charge is 2.28. The van der Waals surface area contributed by atoms with Crippen LogP contribution in [0.3, 0.4) is 0 Å². The Kier molecular flexibility index (Phi) is 5.69. The second kappa shape index (κ2) is 8.26. The number of alkyl halides is 1. The minimum absolute atomic E-state index is 0.0437. The van der Waals surface area contributed by atoms with Gasteiger partial charge in [0.2, 0.25) is 0 Å². The fourth-order valence-corrected chi connectivity index (χ4v) is 4.35. The van der Waals surface area contributed by atoms with Crippen molar-refractivity contribution in [3.05, 3.63) is 48.7 Å². The maximum absolute atomic E-state index is 13.9. The SMILES string of the molecule is Cn1cncc1-c1ccc2cnc(CC(=O)C3CCN(CC(C)(C)F)CC3)cc2c1. The van der Waals surface area contributed by atoms with Gasteiger partial charge in [0.05, 0.1) is 18.2 Å². The summed E-state index contributed by atoms with van der Waals surface area (Å²) in [5.74, 6) is 0.283. The summed E-state index contributed by atoms with van der Waals surface area (Å²) in [5.41, 5.74) is 1.76. The van der Waals surface area contributed by atoms with E-state index in [1.54, 1.807) is 20.2 Å². The van der Waals surface area contributed by atoms with Crippen LogP contribution in [0.1, 0.15) is 32.4 Å². The molecule has 6 heteroatoms. The Labute approximate surface area is 176 Å². The van der Waals surface area contributed by atoms with Gasteiger partial charge in [-0.25, -0.2) is 9.37 Å². The monoisotopic (exact) mass is 408 g/mol. The third-order valence-corrected chi connectivity index (χ3v) is 5.89. The molecule has 158 valence electrons. The first-order chi connectivity index (χ1) is 14.3. The minimum atomic E-state index is -1.19. The van der Waals surface area contributed by atoms with E-state index in [4.69, 9.17) is 0 Å². The Hall–Kier alpha value is -2.60. The molecule has 0 N–H and O–H groups in total. The van der Waals surface area contributed by atoms with E-state index in [-0.39, 0.29) is 11.7 Å².